The van der Waals surface area contributed by atoms with E-state index in [4.69, 9.17) is 52.6 Å². The highest BCUT2D eigenvalue weighted by atomic mass is 16.6. The number of nitrogens with zero attached hydrogens (tertiary/aromatic N) is 6. The number of carbonyl (C=O) groups is 6. The SMILES string of the molecule is CCOC(=O)CCCCCOC(=O)CCC(=O)OCCN(CC)c1ccc(-c2cc3c(c4ccccc24)OC2(C=N3)N(CC(C)(C)C)c3ccccc3C2(C)C)cc1.CCOCCOC(=O)CCCCCOC(=O)CCC(=O)OCCN(CC)c1ccc(-c2cc3c(c4ccccc24)OC2(C=N3)N(CC(C)(C)C)c3ccccc3C2(C)C)cc1. The summed E-state index contributed by atoms with van der Waals surface area (Å²) in [4.78, 5) is 91.8. The van der Waals surface area contributed by atoms with Crippen molar-refractivity contribution < 1.29 is 71.4 Å². The first-order valence-electron chi connectivity index (χ1n) is 42.6. The monoisotopic (exact) mass is 1620 g/mol. The van der Waals surface area contributed by atoms with Crippen LogP contribution in [0.2, 0.25) is 0 Å². The number of aliphatic imine (C=N–C) groups is 2. The zero-order valence-corrected chi connectivity index (χ0v) is 72.4. The number of ether oxygens (including phenoxy) is 9. The molecule has 0 fully saturated rings. The molecule has 12 rings (SSSR count). The van der Waals surface area contributed by atoms with Crippen molar-refractivity contribution >= 4 is 104 Å². The van der Waals surface area contributed by atoms with Crippen LogP contribution in [-0.4, -0.2) is 152 Å². The molecule has 634 valence electrons. The molecule has 8 aromatic rings. The van der Waals surface area contributed by atoms with Crippen molar-refractivity contribution in [3.8, 4) is 33.8 Å². The number of anilines is 4. The average Bonchev–Trinajstić information content (AvgIpc) is 1.55. The molecule has 0 radical (unpaired) electrons. The molecule has 2 atom stereocenters. The molecule has 4 aliphatic heterocycles. The van der Waals surface area contributed by atoms with Gasteiger partial charge in [0, 0.05) is 79.1 Å². The van der Waals surface area contributed by atoms with Crippen molar-refractivity contribution in [3.05, 3.63) is 169 Å². The van der Waals surface area contributed by atoms with Crippen LogP contribution in [0.15, 0.2) is 168 Å². The Balaban J connectivity index is 0.000000233. The second-order valence-electron chi connectivity index (χ2n) is 34.3. The number of para-hydroxylation sites is 2. The molecule has 21 nitrogen and oxygen atoms in total. The second kappa shape index (κ2) is 39.8. The zero-order valence-electron chi connectivity index (χ0n) is 72.4. The zero-order chi connectivity index (χ0) is 85.1. The lowest BCUT2D eigenvalue weighted by Gasteiger charge is -2.48. The Morgan fingerprint density at radius 2 is 0.739 bits per heavy atom. The lowest BCUT2D eigenvalue weighted by Crippen LogP contribution is -2.63. The van der Waals surface area contributed by atoms with Crippen LogP contribution in [0.25, 0.3) is 43.8 Å². The fourth-order valence-corrected chi connectivity index (χ4v) is 16.3. The number of benzene rings is 8. The number of likely N-dealkylation sites (N-methyl/N-ethyl adjacent to an activating group) is 2. The van der Waals surface area contributed by atoms with E-state index >= 15 is 0 Å². The Morgan fingerprint density at radius 3 is 1.12 bits per heavy atom. The lowest BCUT2D eigenvalue weighted by molar-refractivity contribution is -0.150. The van der Waals surface area contributed by atoms with E-state index < -0.39 is 35.3 Å². The number of rotatable bonds is 37. The van der Waals surface area contributed by atoms with E-state index in [9.17, 15) is 28.8 Å². The van der Waals surface area contributed by atoms with Gasteiger partial charge in [-0.25, -0.2) is 0 Å². The van der Waals surface area contributed by atoms with Crippen LogP contribution in [0.1, 0.15) is 185 Å². The first kappa shape index (κ1) is 89.0. The second-order valence-corrected chi connectivity index (χ2v) is 34.3. The maximum atomic E-state index is 12.5. The quantitative estimate of drug-likeness (QED) is 0.0200. The minimum atomic E-state index is -0.807. The van der Waals surface area contributed by atoms with Crippen molar-refractivity contribution in [2.24, 2.45) is 20.8 Å². The first-order chi connectivity index (χ1) is 57.0. The highest BCUT2D eigenvalue weighted by Gasteiger charge is 2.62. The predicted molar refractivity (Wildman–Crippen MR) is 473 cm³/mol. The van der Waals surface area contributed by atoms with E-state index in [1.807, 2.05) is 19.4 Å². The summed E-state index contributed by atoms with van der Waals surface area (Å²) in [7, 11) is 0. The molecule has 0 saturated carbocycles. The fraction of sp³-hybridized carbons (Fsp3) is 0.469. The number of esters is 6. The van der Waals surface area contributed by atoms with Gasteiger partial charge >= 0.3 is 35.8 Å². The number of carbonyl (C=O) groups excluding carboxylic acids is 6. The maximum absolute atomic E-state index is 12.5. The minimum Gasteiger partial charge on any atom is -0.466 e. The third-order valence-electron chi connectivity index (χ3n) is 22.6. The van der Waals surface area contributed by atoms with Crippen molar-refractivity contribution in [1.82, 2.24) is 0 Å². The third-order valence-corrected chi connectivity index (χ3v) is 22.6. The average molecular weight is 1620 g/mol. The van der Waals surface area contributed by atoms with Gasteiger partial charge in [0.2, 0.25) is 11.4 Å². The van der Waals surface area contributed by atoms with E-state index in [-0.39, 0.29) is 92.3 Å². The molecular weight excluding hydrogens is 1500 g/mol. The topological polar surface area (TPSA) is 223 Å². The van der Waals surface area contributed by atoms with Gasteiger partial charge < -0.3 is 62.2 Å². The first-order valence-corrected chi connectivity index (χ1v) is 42.6. The van der Waals surface area contributed by atoms with E-state index in [0.29, 0.717) is 71.4 Å². The molecule has 0 bridgehead atoms. The predicted octanol–water partition coefficient (Wildman–Crippen LogP) is 19.9. The molecule has 0 amide bonds. The summed E-state index contributed by atoms with van der Waals surface area (Å²) in [5.41, 5.74) is 10.4. The van der Waals surface area contributed by atoms with Crippen LogP contribution in [0.4, 0.5) is 34.1 Å². The van der Waals surface area contributed by atoms with Crippen molar-refractivity contribution in [3.63, 3.8) is 0 Å². The summed E-state index contributed by atoms with van der Waals surface area (Å²) in [5, 5.41) is 4.21. The summed E-state index contributed by atoms with van der Waals surface area (Å²) in [6.45, 7) is 37.0. The molecule has 21 heteroatoms. The van der Waals surface area contributed by atoms with Gasteiger partial charge in [0.15, 0.2) is 11.5 Å². The smallest absolute Gasteiger partial charge is 0.306 e. The number of fused-ring (bicyclic) bond motifs is 8. The van der Waals surface area contributed by atoms with E-state index in [1.54, 1.807) is 6.92 Å². The molecule has 0 saturated heterocycles. The Morgan fingerprint density at radius 1 is 0.387 bits per heavy atom. The van der Waals surface area contributed by atoms with Gasteiger partial charge in [-0.1, -0.05) is 151 Å². The van der Waals surface area contributed by atoms with Crippen LogP contribution in [-0.2, 0) is 72.8 Å². The van der Waals surface area contributed by atoms with Gasteiger partial charge in [-0.05, 0) is 197 Å². The molecule has 8 aromatic carbocycles. The van der Waals surface area contributed by atoms with Crippen molar-refractivity contribution in [2.75, 3.05) is 112 Å². The van der Waals surface area contributed by atoms with Crippen LogP contribution >= 0.6 is 0 Å². The van der Waals surface area contributed by atoms with Gasteiger partial charge in [0.1, 0.15) is 31.2 Å². The highest BCUT2D eigenvalue weighted by molar-refractivity contribution is 6.07. The van der Waals surface area contributed by atoms with Crippen molar-refractivity contribution in [2.45, 2.75) is 196 Å². The number of unbranched alkanes of at least 4 members (excludes halogenated alkanes) is 4. The van der Waals surface area contributed by atoms with Gasteiger partial charge in [-0.15, -0.1) is 0 Å². The summed E-state index contributed by atoms with van der Waals surface area (Å²) in [6, 6.07) is 55.2. The Hall–Kier alpha value is -10.8. The molecule has 0 aliphatic carbocycles. The Kier molecular flexibility index (Phi) is 29.8. The molecule has 0 aromatic heterocycles. The maximum Gasteiger partial charge on any atom is 0.306 e. The van der Waals surface area contributed by atoms with Gasteiger partial charge in [-0.2, -0.15) is 0 Å². The third kappa shape index (κ3) is 21.3. The lowest BCUT2D eigenvalue weighted by atomic mass is 9.77. The van der Waals surface area contributed by atoms with Gasteiger partial charge in [0.25, 0.3) is 0 Å². The van der Waals surface area contributed by atoms with Crippen LogP contribution in [0, 0.1) is 10.8 Å². The van der Waals surface area contributed by atoms with E-state index in [0.717, 1.165) is 117 Å². The molecule has 0 N–H and O–H groups in total. The normalized spacial score (nSPS) is 16.3. The molecular formula is C98H122N6O15. The van der Waals surface area contributed by atoms with Crippen LogP contribution in [0.3, 0.4) is 0 Å². The van der Waals surface area contributed by atoms with E-state index in [1.165, 1.54) is 22.5 Å². The fourth-order valence-electron chi connectivity index (χ4n) is 16.3. The largest absolute Gasteiger partial charge is 0.466 e. The molecule has 2 unspecified atom stereocenters. The van der Waals surface area contributed by atoms with Crippen molar-refractivity contribution in [1.29, 1.82) is 0 Å². The summed E-state index contributed by atoms with van der Waals surface area (Å²) in [5.74, 6) is -0.626. The number of hydrogen-bond donors (Lipinski definition) is 0. The van der Waals surface area contributed by atoms with E-state index in [2.05, 4.69) is 260 Å². The highest BCUT2D eigenvalue weighted by Crippen LogP contribution is 2.59. The Labute approximate surface area is 703 Å². The van der Waals surface area contributed by atoms with Gasteiger partial charge in [-0.3, -0.25) is 38.8 Å². The molecule has 4 heterocycles. The van der Waals surface area contributed by atoms with Gasteiger partial charge in [0.05, 0.1) is 88.5 Å². The molecule has 2 spiro atoms. The standard InChI is InChI=1S/C50H63N3O8.C48H59N3O7/c1-8-52(28-30-59-46(56)27-26-45(55)58-29-16-10-11-21-44(54)60-32-31-57-9-2)37-24-22-36(23-25-37)40-33-42-47(39-18-13-12-17-38(39)40)61-50(34-51-42)49(6,7)41-19-14-15-20-43(41)53(50)35-48(3,4)5;1-8-50(28-30-57-44(54)27-26-43(53)56-29-16-10-11-21-42(52)55-9-2)35-24-22-34(23-25-35)38-31-40-45(37-18-13-12-17-36(37)38)58-48(32-49-40)47(6,7)39-19-14-15-20-41(39)51(48)33-46(3,4)5/h12-15,17-20,22-25,33-34H,8-11,16,21,26-32,35H2,1-7H3;12-15,17-20,22-25,31-32H,8-11,16,21,26-30,33H2,1-7H3. The number of hydrogen-bond acceptors (Lipinski definition) is 21. The summed E-state index contributed by atoms with van der Waals surface area (Å²) >= 11 is 0. The van der Waals surface area contributed by atoms with Crippen LogP contribution in [0.5, 0.6) is 11.5 Å². The summed E-state index contributed by atoms with van der Waals surface area (Å²) < 4.78 is 51.3. The minimum absolute atomic E-state index is 0.0131. The molecule has 119 heavy (non-hydrogen) atoms. The summed E-state index contributed by atoms with van der Waals surface area (Å²) in [6.07, 6.45) is 8.71. The van der Waals surface area contributed by atoms with Crippen LogP contribution < -0.4 is 29.1 Å². The Bertz CT molecular complexity index is 4910. The molecule has 4 aliphatic rings.